The van der Waals surface area contributed by atoms with Crippen molar-refractivity contribution in [3.63, 3.8) is 0 Å². The average Bonchev–Trinajstić information content (AvgIpc) is 2.91. The molecule has 2 rings (SSSR count). The fraction of sp³-hybridized carbons (Fsp3) is 0.724. The van der Waals surface area contributed by atoms with Gasteiger partial charge >= 0.3 is 0 Å². The minimum absolute atomic E-state index is 0.00620. The van der Waals surface area contributed by atoms with Gasteiger partial charge in [0.1, 0.15) is 0 Å². The maximum Gasteiger partial charge on any atom is 0.233 e. The normalized spacial score (nSPS) is 20.8. The second-order valence-corrected chi connectivity index (χ2v) is 12.1. The average molecular weight is 442 g/mol. The fourth-order valence-electron chi connectivity index (χ4n) is 5.40. The SMILES string of the molecule is CCCCCCCCN1C(=O)C(CC(c2cccc(C)c2)C(C)(C)C)C(C(C)(C)C)C1=O. The van der Waals surface area contributed by atoms with Crippen LogP contribution in [-0.4, -0.2) is 23.3 Å². The molecule has 2 amide bonds. The molecule has 3 atom stereocenters. The molecule has 1 aromatic carbocycles. The first-order valence-electron chi connectivity index (χ1n) is 12.8. The van der Waals surface area contributed by atoms with Crippen molar-refractivity contribution in [2.24, 2.45) is 22.7 Å². The van der Waals surface area contributed by atoms with Crippen LogP contribution in [0.3, 0.4) is 0 Å². The zero-order valence-electron chi connectivity index (χ0n) is 22.0. The van der Waals surface area contributed by atoms with Crippen LogP contribution >= 0.6 is 0 Å². The predicted octanol–water partition coefficient (Wildman–Crippen LogP) is 7.52. The largest absolute Gasteiger partial charge is 0.282 e. The molecule has 1 aromatic rings. The second-order valence-electron chi connectivity index (χ2n) is 12.1. The Morgan fingerprint density at radius 1 is 0.906 bits per heavy atom. The van der Waals surface area contributed by atoms with E-state index in [9.17, 15) is 9.59 Å². The van der Waals surface area contributed by atoms with Crippen molar-refractivity contribution < 1.29 is 9.59 Å². The van der Waals surface area contributed by atoms with Crippen LogP contribution in [0.4, 0.5) is 0 Å². The van der Waals surface area contributed by atoms with Crippen LogP contribution in [-0.2, 0) is 9.59 Å². The van der Waals surface area contributed by atoms with Crippen molar-refractivity contribution in [3.8, 4) is 0 Å². The molecule has 0 saturated carbocycles. The van der Waals surface area contributed by atoms with Crippen molar-refractivity contribution in [2.75, 3.05) is 6.54 Å². The fourth-order valence-corrected chi connectivity index (χ4v) is 5.40. The summed E-state index contributed by atoms with van der Waals surface area (Å²) < 4.78 is 0. The van der Waals surface area contributed by atoms with E-state index < -0.39 is 0 Å². The van der Waals surface area contributed by atoms with Gasteiger partial charge in [-0.2, -0.15) is 0 Å². The highest BCUT2D eigenvalue weighted by molar-refractivity contribution is 6.05. The quantitative estimate of drug-likeness (QED) is 0.278. The minimum Gasteiger partial charge on any atom is -0.282 e. The molecule has 32 heavy (non-hydrogen) atoms. The van der Waals surface area contributed by atoms with Gasteiger partial charge in [-0.05, 0) is 42.1 Å². The van der Waals surface area contributed by atoms with E-state index in [1.165, 1.54) is 36.8 Å². The first-order valence-corrected chi connectivity index (χ1v) is 12.8. The van der Waals surface area contributed by atoms with E-state index in [0.29, 0.717) is 6.54 Å². The molecule has 1 aliphatic rings. The van der Waals surface area contributed by atoms with Crippen LogP contribution in [0.2, 0.25) is 0 Å². The highest BCUT2D eigenvalue weighted by Gasteiger charge is 2.53. The smallest absolute Gasteiger partial charge is 0.233 e. The standard InChI is InChI=1S/C29H47NO2/c1-9-10-11-12-13-14-18-30-26(31)23(25(27(30)32)29(6,7)8)20-24(28(3,4)5)22-17-15-16-21(2)19-22/h15-17,19,23-25H,9-14,18,20H2,1-8H3. The van der Waals surface area contributed by atoms with Gasteiger partial charge in [-0.3, -0.25) is 14.5 Å². The molecule has 1 heterocycles. The van der Waals surface area contributed by atoms with Crippen molar-refractivity contribution in [1.29, 1.82) is 0 Å². The molecule has 3 unspecified atom stereocenters. The Labute approximate surface area is 197 Å². The number of hydrogen-bond acceptors (Lipinski definition) is 2. The lowest BCUT2D eigenvalue weighted by molar-refractivity contribution is -0.140. The van der Waals surface area contributed by atoms with Crippen LogP contribution in [0.15, 0.2) is 24.3 Å². The monoisotopic (exact) mass is 441 g/mol. The number of imide groups is 1. The molecule has 1 aliphatic heterocycles. The van der Waals surface area contributed by atoms with Crippen molar-refractivity contribution in [1.82, 2.24) is 4.90 Å². The highest BCUT2D eigenvalue weighted by atomic mass is 16.2. The summed E-state index contributed by atoms with van der Waals surface area (Å²) in [6.07, 6.45) is 7.68. The molecule has 3 nitrogen and oxygen atoms in total. The van der Waals surface area contributed by atoms with E-state index in [4.69, 9.17) is 0 Å². The molecule has 0 spiro atoms. The number of benzene rings is 1. The van der Waals surface area contributed by atoms with E-state index in [0.717, 1.165) is 19.3 Å². The number of unbranched alkanes of at least 4 members (excludes halogenated alkanes) is 5. The number of likely N-dealkylation sites (tertiary alicyclic amines) is 1. The van der Waals surface area contributed by atoms with Gasteiger partial charge < -0.3 is 0 Å². The van der Waals surface area contributed by atoms with Crippen LogP contribution < -0.4 is 0 Å². The van der Waals surface area contributed by atoms with Crippen molar-refractivity contribution >= 4 is 11.8 Å². The highest BCUT2D eigenvalue weighted by Crippen LogP contribution is 2.48. The Morgan fingerprint density at radius 2 is 1.53 bits per heavy atom. The van der Waals surface area contributed by atoms with E-state index in [2.05, 4.69) is 79.7 Å². The number of nitrogens with zero attached hydrogens (tertiary/aromatic N) is 1. The van der Waals surface area contributed by atoms with Gasteiger partial charge in [-0.1, -0.05) is 110 Å². The summed E-state index contributed by atoms with van der Waals surface area (Å²) in [6, 6.07) is 8.66. The van der Waals surface area contributed by atoms with Gasteiger partial charge in [0, 0.05) is 6.54 Å². The Bertz CT molecular complexity index is 768. The Hall–Kier alpha value is -1.64. The molecule has 0 bridgehead atoms. The summed E-state index contributed by atoms with van der Waals surface area (Å²) in [5.74, 6) is -0.150. The third kappa shape index (κ3) is 6.68. The Morgan fingerprint density at radius 3 is 2.09 bits per heavy atom. The maximum absolute atomic E-state index is 13.6. The number of hydrogen-bond donors (Lipinski definition) is 0. The van der Waals surface area contributed by atoms with Gasteiger partial charge in [0.15, 0.2) is 0 Å². The lowest BCUT2D eigenvalue weighted by atomic mass is 9.66. The van der Waals surface area contributed by atoms with Gasteiger partial charge in [0.2, 0.25) is 11.8 Å². The zero-order valence-corrected chi connectivity index (χ0v) is 22.0. The topological polar surface area (TPSA) is 37.4 Å². The summed E-state index contributed by atoms with van der Waals surface area (Å²) in [5.41, 5.74) is 2.29. The summed E-state index contributed by atoms with van der Waals surface area (Å²) in [7, 11) is 0. The molecule has 0 aliphatic carbocycles. The van der Waals surface area contributed by atoms with Crippen molar-refractivity contribution in [2.45, 2.75) is 106 Å². The number of carbonyl (C=O) groups is 2. The molecule has 3 heteroatoms. The van der Waals surface area contributed by atoms with Gasteiger partial charge in [-0.15, -0.1) is 0 Å². The molecule has 1 saturated heterocycles. The van der Waals surface area contributed by atoms with Crippen molar-refractivity contribution in [3.05, 3.63) is 35.4 Å². The summed E-state index contributed by atoms with van der Waals surface area (Å²) >= 11 is 0. The molecule has 180 valence electrons. The number of aryl methyl sites for hydroxylation is 1. The van der Waals surface area contributed by atoms with E-state index in [1.54, 1.807) is 4.90 Å². The Balaban J connectivity index is 2.24. The van der Waals surface area contributed by atoms with E-state index >= 15 is 0 Å². The summed E-state index contributed by atoms with van der Waals surface area (Å²) in [6.45, 7) is 18.0. The minimum atomic E-state index is -0.246. The summed E-state index contributed by atoms with van der Waals surface area (Å²) in [5, 5.41) is 0. The van der Waals surface area contributed by atoms with E-state index in [-0.39, 0.29) is 40.4 Å². The van der Waals surface area contributed by atoms with Gasteiger partial charge in [0.25, 0.3) is 0 Å². The Kier molecular flexibility index (Phi) is 9.14. The molecule has 1 fully saturated rings. The zero-order chi connectivity index (χ0) is 24.1. The van der Waals surface area contributed by atoms with Gasteiger partial charge in [-0.25, -0.2) is 0 Å². The first-order chi connectivity index (χ1) is 14.9. The predicted molar refractivity (Wildman–Crippen MR) is 135 cm³/mol. The molecule has 0 radical (unpaired) electrons. The van der Waals surface area contributed by atoms with Crippen LogP contribution in [0, 0.1) is 29.6 Å². The third-order valence-corrected chi connectivity index (χ3v) is 7.17. The maximum atomic E-state index is 13.6. The van der Waals surface area contributed by atoms with Gasteiger partial charge in [0.05, 0.1) is 11.8 Å². The van der Waals surface area contributed by atoms with Crippen LogP contribution in [0.1, 0.15) is 110 Å². The molecular formula is C29H47NO2. The molecular weight excluding hydrogens is 394 g/mol. The number of carbonyl (C=O) groups excluding carboxylic acids is 2. The first kappa shape index (κ1) is 26.6. The lowest BCUT2D eigenvalue weighted by Crippen LogP contribution is -2.35. The lowest BCUT2D eigenvalue weighted by Gasteiger charge is -2.36. The summed E-state index contributed by atoms with van der Waals surface area (Å²) in [4.78, 5) is 28.7. The van der Waals surface area contributed by atoms with Crippen LogP contribution in [0.5, 0.6) is 0 Å². The second kappa shape index (κ2) is 11.0. The molecule has 0 N–H and O–H groups in total. The van der Waals surface area contributed by atoms with E-state index in [1.807, 2.05) is 0 Å². The number of amides is 2. The third-order valence-electron chi connectivity index (χ3n) is 7.17. The van der Waals surface area contributed by atoms with Crippen LogP contribution in [0.25, 0.3) is 0 Å². The number of rotatable bonds is 10. The molecule has 0 aromatic heterocycles.